The summed E-state index contributed by atoms with van der Waals surface area (Å²) in [6.45, 7) is 0.308. The molecular weight excluding hydrogens is 483 g/mol. The predicted molar refractivity (Wildman–Crippen MR) is 133 cm³/mol. The number of phenols is 1. The van der Waals surface area contributed by atoms with Crippen LogP contribution in [0.5, 0.6) is 11.5 Å². The first-order valence-electron chi connectivity index (χ1n) is 9.82. The number of nitrogens with zero attached hydrogens (tertiary/aromatic N) is 1. The van der Waals surface area contributed by atoms with Gasteiger partial charge in [0.05, 0.1) is 11.2 Å². The molecule has 4 aromatic rings. The van der Waals surface area contributed by atoms with Gasteiger partial charge in [-0.15, -0.1) is 0 Å². The quantitative estimate of drug-likeness (QED) is 0.225. The summed E-state index contributed by atoms with van der Waals surface area (Å²) in [6.07, 6.45) is 1.56. The third kappa shape index (κ3) is 5.57. The van der Waals surface area contributed by atoms with E-state index < -0.39 is 5.91 Å². The Kier molecular flexibility index (Phi) is 7.04. The fourth-order valence-corrected chi connectivity index (χ4v) is 4.01. The second-order valence-electron chi connectivity index (χ2n) is 7.13. The average molecular weight is 500 g/mol. The zero-order chi connectivity index (χ0) is 23.4. The molecule has 2 N–H and O–H groups in total. The predicted octanol–water partition coefficient (Wildman–Crippen LogP) is 6.85. The summed E-state index contributed by atoms with van der Waals surface area (Å²) >= 11 is 18.0. The van der Waals surface area contributed by atoms with E-state index in [4.69, 9.17) is 39.5 Å². The number of hydrogen-bond donors (Lipinski definition) is 2. The van der Waals surface area contributed by atoms with Crippen molar-refractivity contribution in [1.82, 2.24) is 5.43 Å². The first kappa shape index (κ1) is 22.9. The van der Waals surface area contributed by atoms with Crippen LogP contribution in [-0.2, 0) is 6.61 Å². The van der Waals surface area contributed by atoms with Crippen LogP contribution in [0.2, 0.25) is 15.1 Å². The van der Waals surface area contributed by atoms with Crippen molar-refractivity contribution in [2.75, 3.05) is 0 Å². The molecule has 166 valence electrons. The van der Waals surface area contributed by atoms with E-state index in [0.717, 1.165) is 21.9 Å². The molecule has 0 aliphatic rings. The Morgan fingerprint density at radius 1 is 0.939 bits per heavy atom. The lowest BCUT2D eigenvalue weighted by molar-refractivity contribution is 0.0955. The maximum absolute atomic E-state index is 12.3. The Balaban J connectivity index is 1.52. The summed E-state index contributed by atoms with van der Waals surface area (Å²) in [7, 11) is 0. The summed E-state index contributed by atoms with van der Waals surface area (Å²) in [4.78, 5) is 12.3. The number of fused-ring (bicyclic) bond motifs is 1. The van der Waals surface area contributed by atoms with Crippen LogP contribution in [0, 0.1) is 0 Å². The van der Waals surface area contributed by atoms with Crippen molar-refractivity contribution in [2.45, 2.75) is 6.61 Å². The van der Waals surface area contributed by atoms with E-state index in [9.17, 15) is 9.90 Å². The van der Waals surface area contributed by atoms with Crippen LogP contribution in [0.4, 0.5) is 0 Å². The molecule has 0 bridgehead atoms. The van der Waals surface area contributed by atoms with Gasteiger partial charge in [0.15, 0.2) is 0 Å². The number of amides is 1. The third-order valence-electron chi connectivity index (χ3n) is 4.81. The Labute approximate surface area is 205 Å². The molecule has 1 amide bonds. The number of carbonyl (C=O) groups is 1. The van der Waals surface area contributed by atoms with Crippen molar-refractivity contribution in [2.24, 2.45) is 5.10 Å². The van der Waals surface area contributed by atoms with E-state index in [1.54, 1.807) is 24.4 Å². The number of ether oxygens (including phenoxy) is 1. The van der Waals surface area contributed by atoms with Crippen LogP contribution < -0.4 is 10.2 Å². The summed E-state index contributed by atoms with van der Waals surface area (Å²) in [5.74, 6) is 0.156. The van der Waals surface area contributed by atoms with Gasteiger partial charge in [-0.1, -0.05) is 59.1 Å². The Hall–Kier alpha value is -3.25. The van der Waals surface area contributed by atoms with Crippen LogP contribution in [0.3, 0.4) is 0 Å². The largest absolute Gasteiger partial charge is 0.506 e. The van der Waals surface area contributed by atoms with E-state index in [1.165, 1.54) is 18.2 Å². The molecule has 5 nitrogen and oxygen atoms in total. The van der Waals surface area contributed by atoms with Gasteiger partial charge >= 0.3 is 0 Å². The van der Waals surface area contributed by atoms with Crippen LogP contribution in [0.25, 0.3) is 10.8 Å². The topological polar surface area (TPSA) is 70.9 Å². The van der Waals surface area contributed by atoms with Gasteiger partial charge in [-0.05, 0) is 59.5 Å². The molecule has 33 heavy (non-hydrogen) atoms. The van der Waals surface area contributed by atoms with Crippen molar-refractivity contribution < 1.29 is 14.6 Å². The number of rotatable bonds is 6. The van der Waals surface area contributed by atoms with Gasteiger partial charge in [0.2, 0.25) is 0 Å². The summed E-state index contributed by atoms with van der Waals surface area (Å²) in [5, 5.41) is 16.5. The zero-order valence-electron chi connectivity index (χ0n) is 17.1. The second-order valence-corrected chi connectivity index (χ2v) is 8.41. The summed E-state index contributed by atoms with van der Waals surface area (Å²) in [5.41, 5.74) is 4.41. The van der Waals surface area contributed by atoms with Crippen LogP contribution in [-0.4, -0.2) is 17.2 Å². The van der Waals surface area contributed by atoms with E-state index >= 15 is 0 Å². The molecule has 0 saturated heterocycles. The smallest absolute Gasteiger partial charge is 0.271 e. The highest BCUT2D eigenvalue weighted by atomic mass is 35.5. The fourth-order valence-electron chi connectivity index (χ4n) is 3.26. The highest BCUT2D eigenvalue weighted by molar-refractivity contribution is 6.34. The van der Waals surface area contributed by atoms with Gasteiger partial charge in [0.25, 0.3) is 5.91 Å². The van der Waals surface area contributed by atoms with Gasteiger partial charge in [-0.3, -0.25) is 4.79 Å². The number of hydrogen-bond acceptors (Lipinski definition) is 4. The maximum Gasteiger partial charge on any atom is 0.271 e. The summed E-state index contributed by atoms with van der Waals surface area (Å²) in [6, 6.07) is 20.9. The van der Waals surface area contributed by atoms with E-state index in [2.05, 4.69) is 10.5 Å². The van der Waals surface area contributed by atoms with Crippen molar-refractivity contribution in [3.05, 3.63) is 105 Å². The zero-order valence-corrected chi connectivity index (χ0v) is 19.3. The van der Waals surface area contributed by atoms with Crippen LogP contribution in [0.15, 0.2) is 77.9 Å². The first-order valence-corrected chi connectivity index (χ1v) is 11.0. The average Bonchev–Trinajstić information content (AvgIpc) is 2.79. The third-order valence-corrected chi connectivity index (χ3v) is 5.55. The van der Waals surface area contributed by atoms with Gasteiger partial charge in [0.1, 0.15) is 18.1 Å². The molecule has 0 radical (unpaired) electrons. The van der Waals surface area contributed by atoms with E-state index in [-0.39, 0.29) is 16.3 Å². The van der Waals surface area contributed by atoms with Gasteiger partial charge in [-0.25, -0.2) is 5.43 Å². The van der Waals surface area contributed by atoms with Gasteiger partial charge in [0, 0.05) is 26.6 Å². The molecular formula is C25H17Cl3N2O3. The fraction of sp³-hybridized carbons (Fsp3) is 0.0400. The molecule has 0 aliphatic heterocycles. The minimum Gasteiger partial charge on any atom is -0.506 e. The van der Waals surface area contributed by atoms with Crippen molar-refractivity contribution >= 4 is 57.7 Å². The van der Waals surface area contributed by atoms with Gasteiger partial charge < -0.3 is 9.84 Å². The molecule has 0 atom stereocenters. The number of phenolic OH excluding ortho intramolecular Hbond substituents is 1. The lowest BCUT2D eigenvalue weighted by Gasteiger charge is -2.12. The number of hydrazone groups is 1. The van der Waals surface area contributed by atoms with E-state index in [1.807, 2.05) is 36.4 Å². The van der Waals surface area contributed by atoms with Crippen LogP contribution >= 0.6 is 34.8 Å². The molecule has 0 unspecified atom stereocenters. The monoisotopic (exact) mass is 498 g/mol. The SMILES string of the molecule is O=C(N/N=C/c1ccc(OCc2cc(Cl)cc(Cl)c2)c2ccccc12)c1ccc(O)c(Cl)c1. The number of halogens is 3. The Bertz CT molecular complexity index is 1350. The minimum atomic E-state index is -0.447. The van der Waals surface area contributed by atoms with Crippen molar-refractivity contribution in [3.63, 3.8) is 0 Å². The molecule has 0 aliphatic carbocycles. The molecule has 4 rings (SSSR count). The molecule has 4 aromatic carbocycles. The van der Waals surface area contributed by atoms with Crippen molar-refractivity contribution in [3.8, 4) is 11.5 Å². The molecule has 0 spiro atoms. The van der Waals surface area contributed by atoms with E-state index in [0.29, 0.717) is 22.4 Å². The number of aromatic hydroxyl groups is 1. The second kappa shape index (κ2) is 10.1. The number of nitrogens with one attached hydrogen (secondary N) is 1. The normalized spacial score (nSPS) is 11.1. The van der Waals surface area contributed by atoms with Gasteiger partial charge in [-0.2, -0.15) is 5.10 Å². The Morgan fingerprint density at radius 2 is 1.67 bits per heavy atom. The maximum atomic E-state index is 12.3. The highest BCUT2D eigenvalue weighted by Gasteiger charge is 2.09. The standard InChI is InChI=1S/C25H17Cl3N2O3/c26-18-9-15(10-19(27)12-18)14-33-24-8-6-17(20-3-1-2-4-21(20)24)13-29-30-25(32)16-5-7-23(31)22(28)11-16/h1-13,31H,14H2,(H,30,32)/b29-13+. The lowest BCUT2D eigenvalue weighted by Crippen LogP contribution is -2.17. The number of benzene rings is 4. The molecule has 0 aromatic heterocycles. The number of carbonyl (C=O) groups excluding carboxylic acids is 1. The lowest BCUT2D eigenvalue weighted by atomic mass is 10.0. The molecule has 0 fully saturated rings. The minimum absolute atomic E-state index is 0.0910. The molecule has 8 heteroatoms. The van der Waals surface area contributed by atoms with Crippen LogP contribution in [0.1, 0.15) is 21.5 Å². The summed E-state index contributed by atoms with van der Waals surface area (Å²) < 4.78 is 6.03. The van der Waals surface area contributed by atoms with Crippen molar-refractivity contribution in [1.29, 1.82) is 0 Å². The molecule has 0 saturated carbocycles. The highest BCUT2D eigenvalue weighted by Crippen LogP contribution is 2.29. The first-order chi connectivity index (χ1) is 15.9. The Morgan fingerprint density at radius 3 is 2.39 bits per heavy atom. The molecule has 0 heterocycles.